The molecule has 0 aliphatic carbocycles. The Morgan fingerprint density at radius 2 is 1.27 bits per heavy atom. The fourth-order valence-corrected chi connectivity index (χ4v) is 6.63. The van der Waals surface area contributed by atoms with Gasteiger partial charge in [-0.3, -0.25) is 13.7 Å². The summed E-state index contributed by atoms with van der Waals surface area (Å²) in [7, 11) is 0. The van der Waals surface area contributed by atoms with Crippen LogP contribution in [0, 0.1) is 6.33 Å². The second kappa shape index (κ2) is 11.5. The van der Waals surface area contributed by atoms with Crippen molar-refractivity contribution in [1.82, 2.24) is 14.1 Å². The molecule has 5 nitrogen and oxygen atoms in total. The third kappa shape index (κ3) is 5.55. The zero-order valence-electron chi connectivity index (χ0n) is 28.9. The molecule has 5 heteroatoms. The summed E-state index contributed by atoms with van der Waals surface area (Å²) in [5.41, 5.74) is 8.91. The van der Waals surface area contributed by atoms with Crippen molar-refractivity contribution in [3.63, 3.8) is 0 Å². The van der Waals surface area contributed by atoms with Crippen LogP contribution >= 0.6 is 0 Å². The fraction of sp³-hybridized carbons (Fsp3) is 0.182. The number of fused-ring (bicyclic) bond motifs is 4. The highest BCUT2D eigenvalue weighted by Gasteiger charge is 2.21. The summed E-state index contributed by atoms with van der Waals surface area (Å²) < 4.78 is 13.1. The number of benzene rings is 5. The molecule has 0 unspecified atom stereocenters. The van der Waals surface area contributed by atoms with E-state index < -0.39 is 0 Å². The van der Waals surface area contributed by atoms with Crippen LogP contribution in [-0.2, 0) is 10.8 Å². The molecule has 242 valence electrons. The van der Waals surface area contributed by atoms with Crippen LogP contribution in [0.15, 0.2) is 134 Å². The molecule has 8 aromatic rings. The zero-order chi connectivity index (χ0) is 33.9. The monoisotopic (exact) mass is 640 g/mol. The lowest BCUT2D eigenvalue weighted by Gasteiger charge is -2.21. The van der Waals surface area contributed by atoms with Gasteiger partial charge >= 0.3 is 0 Å². The number of nitrogens with zero attached hydrogens (tertiary/aromatic N) is 4. The molecule has 5 aromatic carbocycles. The number of hydrogen-bond donors (Lipinski definition) is 0. The normalized spacial score (nSPS) is 12.3. The Bertz CT molecular complexity index is 2490. The van der Waals surface area contributed by atoms with Crippen molar-refractivity contribution in [2.75, 3.05) is 0 Å². The maximum Gasteiger partial charge on any atom is 0.269 e. The van der Waals surface area contributed by atoms with E-state index in [0.29, 0.717) is 0 Å². The van der Waals surface area contributed by atoms with Crippen LogP contribution in [0.4, 0.5) is 0 Å². The molecule has 0 radical (unpaired) electrons. The number of pyridine rings is 1. The average Bonchev–Trinajstić information content (AvgIpc) is 3.64. The second-order valence-corrected chi connectivity index (χ2v) is 14.8. The van der Waals surface area contributed by atoms with Crippen LogP contribution < -0.4 is 9.30 Å². The lowest BCUT2D eigenvalue weighted by Crippen LogP contribution is -2.29. The van der Waals surface area contributed by atoms with Crippen molar-refractivity contribution in [3.05, 3.63) is 151 Å². The summed E-state index contributed by atoms with van der Waals surface area (Å²) in [4.78, 5) is 4.91. The van der Waals surface area contributed by atoms with Gasteiger partial charge in [-0.2, -0.15) is 0 Å². The van der Waals surface area contributed by atoms with Crippen LogP contribution in [0.25, 0.3) is 50.0 Å². The first-order valence-electron chi connectivity index (χ1n) is 16.9. The maximum absolute atomic E-state index is 6.63. The van der Waals surface area contributed by atoms with E-state index >= 15 is 0 Å². The third-order valence-electron chi connectivity index (χ3n) is 9.34. The minimum Gasteiger partial charge on any atom is -0.458 e. The lowest BCUT2D eigenvalue weighted by molar-refractivity contribution is -0.572. The van der Waals surface area contributed by atoms with E-state index in [1.165, 1.54) is 21.9 Å². The van der Waals surface area contributed by atoms with Crippen LogP contribution in [-0.4, -0.2) is 14.1 Å². The van der Waals surface area contributed by atoms with Gasteiger partial charge in [0.2, 0.25) is 0 Å². The number of ether oxygens (including phenoxy) is 1. The van der Waals surface area contributed by atoms with E-state index in [9.17, 15) is 0 Å². The average molecular weight is 641 g/mol. The molecule has 0 atom stereocenters. The maximum atomic E-state index is 6.63. The summed E-state index contributed by atoms with van der Waals surface area (Å²) in [5.74, 6) is 2.41. The summed E-state index contributed by atoms with van der Waals surface area (Å²) >= 11 is 0. The number of para-hydroxylation sites is 3. The topological polar surface area (TPSA) is 35.9 Å². The molecule has 0 spiro atoms. The molecule has 3 aromatic heterocycles. The lowest BCUT2D eigenvalue weighted by atomic mass is 9.86. The molecular weight excluding hydrogens is 601 g/mol. The summed E-state index contributed by atoms with van der Waals surface area (Å²) in [6.45, 7) is 13.5. The van der Waals surface area contributed by atoms with Crippen LogP contribution in [0.3, 0.4) is 0 Å². The van der Waals surface area contributed by atoms with Crippen molar-refractivity contribution >= 4 is 32.8 Å². The highest BCUT2D eigenvalue weighted by atomic mass is 16.5. The van der Waals surface area contributed by atoms with Crippen LogP contribution in [0.2, 0.25) is 0 Å². The summed E-state index contributed by atoms with van der Waals surface area (Å²) in [6.07, 6.45) is 5.50. The highest BCUT2D eigenvalue weighted by molar-refractivity contribution is 6.09. The Morgan fingerprint density at radius 3 is 2.04 bits per heavy atom. The quantitative estimate of drug-likeness (QED) is 0.139. The van der Waals surface area contributed by atoms with Gasteiger partial charge in [0.1, 0.15) is 17.3 Å². The van der Waals surface area contributed by atoms with Crippen molar-refractivity contribution in [2.24, 2.45) is 0 Å². The molecule has 0 fully saturated rings. The van der Waals surface area contributed by atoms with E-state index in [0.717, 1.165) is 50.8 Å². The molecule has 0 bridgehead atoms. The molecule has 0 amide bonds. The molecule has 0 saturated heterocycles. The molecule has 0 N–H and O–H groups in total. The SMILES string of the molecule is CC(C)(C)c1ccnc(-n2c3cc(Oc4cccc(-n5[c-][n+](-c6ccccc6)c6ccccc65)c4)ccc3c3ccc(C(C)(C)C)cc32)c1. The van der Waals surface area contributed by atoms with Gasteiger partial charge in [0.05, 0.1) is 33.4 Å². The summed E-state index contributed by atoms with van der Waals surface area (Å²) in [5, 5.41) is 2.36. The molecular formula is C44H40N4O. The number of aromatic nitrogens is 4. The van der Waals surface area contributed by atoms with Crippen molar-refractivity contribution in [3.8, 4) is 28.7 Å². The molecule has 0 aliphatic heterocycles. The van der Waals surface area contributed by atoms with Gasteiger partial charge in [-0.1, -0.05) is 102 Å². The van der Waals surface area contributed by atoms with Gasteiger partial charge in [-0.25, -0.2) is 4.98 Å². The predicted octanol–water partition coefficient (Wildman–Crippen LogP) is 10.6. The smallest absolute Gasteiger partial charge is 0.269 e. The van der Waals surface area contributed by atoms with E-state index in [2.05, 4.69) is 159 Å². The van der Waals surface area contributed by atoms with Gasteiger partial charge in [0.15, 0.2) is 0 Å². The van der Waals surface area contributed by atoms with Gasteiger partial charge in [-0.05, 0) is 82.6 Å². The first-order valence-corrected chi connectivity index (χ1v) is 16.9. The Balaban J connectivity index is 1.24. The molecule has 49 heavy (non-hydrogen) atoms. The van der Waals surface area contributed by atoms with Gasteiger partial charge in [0.25, 0.3) is 6.33 Å². The summed E-state index contributed by atoms with van der Waals surface area (Å²) in [6, 6.07) is 44.5. The minimum absolute atomic E-state index is 0.00481. The van der Waals surface area contributed by atoms with E-state index in [1.54, 1.807) is 0 Å². The first-order chi connectivity index (χ1) is 23.5. The Labute approximate surface area is 287 Å². The van der Waals surface area contributed by atoms with E-state index in [-0.39, 0.29) is 10.8 Å². The number of imidazole rings is 1. The predicted molar refractivity (Wildman–Crippen MR) is 200 cm³/mol. The van der Waals surface area contributed by atoms with Crippen LogP contribution in [0.5, 0.6) is 11.5 Å². The largest absolute Gasteiger partial charge is 0.458 e. The zero-order valence-corrected chi connectivity index (χ0v) is 28.9. The molecule has 8 rings (SSSR count). The number of hydrogen-bond acceptors (Lipinski definition) is 2. The Hall–Kier alpha value is -5.68. The highest BCUT2D eigenvalue weighted by Crippen LogP contribution is 2.38. The Kier molecular flexibility index (Phi) is 7.18. The standard InChI is InChI=1S/C44H40N4O/c1-43(2,3)30-19-21-36-37-22-20-35(28-41(37)48(40(36)25-30)42-26-31(23-24-45-42)44(4,5)6)49-34-16-12-15-33(27-34)47-29-46(32-13-8-7-9-14-32)38-17-10-11-18-39(38)47/h7-28H,1-6H3. The van der Waals surface area contributed by atoms with E-state index in [4.69, 9.17) is 9.72 Å². The van der Waals surface area contributed by atoms with Crippen molar-refractivity contribution < 1.29 is 9.30 Å². The van der Waals surface area contributed by atoms with Gasteiger partial charge in [-0.15, -0.1) is 0 Å². The molecule has 0 aliphatic rings. The third-order valence-corrected chi connectivity index (χ3v) is 9.34. The van der Waals surface area contributed by atoms with E-state index in [1.807, 2.05) is 36.5 Å². The second-order valence-electron chi connectivity index (χ2n) is 14.8. The molecule has 0 saturated carbocycles. The number of rotatable bonds is 5. The molecule has 3 heterocycles. The first kappa shape index (κ1) is 30.6. The van der Waals surface area contributed by atoms with Crippen LogP contribution in [0.1, 0.15) is 52.7 Å². The van der Waals surface area contributed by atoms with Gasteiger partial charge < -0.3 is 4.74 Å². The van der Waals surface area contributed by atoms with Gasteiger partial charge in [0, 0.05) is 23.0 Å². The fourth-order valence-electron chi connectivity index (χ4n) is 6.63. The Morgan fingerprint density at radius 1 is 0.592 bits per heavy atom. The minimum atomic E-state index is -0.00481. The van der Waals surface area contributed by atoms with Crippen molar-refractivity contribution in [2.45, 2.75) is 52.4 Å². The van der Waals surface area contributed by atoms with Crippen molar-refractivity contribution in [1.29, 1.82) is 0 Å².